The van der Waals surface area contributed by atoms with Crippen molar-refractivity contribution in [2.45, 2.75) is 46.0 Å². The van der Waals surface area contributed by atoms with Crippen molar-refractivity contribution in [1.82, 2.24) is 15.5 Å². The van der Waals surface area contributed by atoms with Gasteiger partial charge in [-0.05, 0) is 32.4 Å². The van der Waals surface area contributed by atoms with Crippen molar-refractivity contribution in [1.29, 1.82) is 0 Å². The zero-order chi connectivity index (χ0) is 13.1. The maximum atomic E-state index is 5.45. The van der Waals surface area contributed by atoms with Gasteiger partial charge in [-0.1, -0.05) is 13.8 Å². The van der Waals surface area contributed by atoms with Crippen LogP contribution in [-0.2, 0) is 17.6 Å². The van der Waals surface area contributed by atoms with E-state index in [9.17, 15) is 0 Å². The molecular weight excluding hydrogens is 246 g/mol. The maximum Gasteiger partial charge on any atom is 0.119 e. The third-order valence-corrected chi connectivity index (χ3v) is 3.53. The number of aromatic nitrogens is 2. The Balaban J connectivity index is 2.10. The van der Waals surface area contributed by atoms with Gasteiger partial charge in [-0.15, -0.1) is 21.5 Å². The van der Waals surface area contributed by atoms with Gasteiger partial charge in [0.25, 0.3) is 0 Å². The first-order chi connectivity index (χ1) is 8.86. The number of hydrogen-bond donors (Lipinski definition) is 1. The molecule has 0 unspecified atom stereocenters. The van der Waals surface area contributed by atoms with Crippen molar-refractivity contribution in [3.8, 4) is 0 Å². The van der Waals surface area contributed by atoms with Crippen molar-refractivity contribution in [3.63, 3.8) is 0 Å². The monoisotopic (exact) mass is 271 g/mol. The van der Waals surface area contributed by atoms with E-state index in [-0.39, 0.29) is 0 Å². The lowest BCUT2D eigenvalue weighted by atomic mass is 10.3. The lowest BCUT2D eigenvalue weighted by Gasteiger charge is -2.00. The van der Waals surface area contributed by atoms with Crippen molar-refractivity contribution in [2.24, 2.45) is 0 Å². The quantitative estimate of drug-likeness (QED) is 0.628. The van der Waals surface area contributed by atoms with Gasteiger partial charge >= 0.3 is 0 Å². The number of ether oxygens (including phenoxy) is 1. The zero-order valence-electron chi connectivity index (χ0n) is 11.6. The summed E-state index contributed by atoms with van der Waals surface area (Å²) in [5.74, 6) is 0. The van der Waals surface area contributed by atoms with Crippen LogP contribution in [0.5, 0.6) is 0 Å². The van der Waals surface area contributed by atoms with E-state index in [1.807, 2.05) is 0 Å². The maximum absolute atomic E-state index is 5.45. The summed E-state index contributed by atoms with van der Waals surface area (Å²) in [5, 5.41) is 14.1. The standard InChI is InChI=1S/C13H25N3OS/c1-3-8-14-9-5-6-12-15-16-13(18-12)7-11-17-10-4-2/h14H,3-11H2,1-2H3. The zero-order valence-corrected chi connectivity index (χ0v) is 12.4. The Morgan fingerprint density at radius 1 is 1.00 bits per heavy atom. The van der Waals surface area contributed by atoms with Gasteiger partial charge in [-0.25, -0.2) is 0 Å². The third kappa shape index (κ3) is 7.03. The molecule has 1 aromatic rings. The van der Waals surface area contributed by atoms with Gasteiger partial charge in [-0.2, -0.15) is 0 Å². The summed E-state index contributed by atoms with van der Waals surface area (Å²) >= 11 is 1.72. The van der Waals surface area contributed by atoms with Gasteiger partial charge in [0.1, 0.15) is 10.0 Å². The second-order valence-electron chi connectivity index (χ2n) is 4.31. The van der Waals surface area contributed by atoms with Crippen LogP contribution in [0.4, 0.5) is 0 Å². The van der Waals surface area contributed by atoms with Crippen LogP contribution in [0.15, 0.2) is 0 Å². The van der Waals surface area contributed by atoms with Crippen LogP contribution in [0.3, 0.4) is 0 Å². The number of hydrogen-bond acceptors (Lipinski definition) is 5. The Morgan fingerprint density at radius 3 is 2.50 bits per heavy atom. The average molecular weight is 271 g/mol. The van der Waals surface area contributed by atoms with Crippen LogP contribution < -0.4 is 5.32 Å². The molecule has 1 N–H and O–H groups in total. The summed E-state index contributed by atoms with van der Waals surface area (Å²) < 4.78 is 5.45. The van der Waals surface area contributed by atoms with Gasteiger partial charge in [0.05, 0.1) is 6.61 Å². The molecule has 1 aromatic heterocycles. The molecular formula is C13H25N3OS. The summed E-state index contributed by atoms with van der Waals surface area (Å²) in [5.41, 5.74) is 0. The predicted molar refractivity (Wildman–Crippen MR) is 76.2 cm³/mol. The predicted octanol–water partition coefficient (Wildman–Crippen LogP) is 2.44. The molecule has 0 amide bonds. The molecule has 1 rings (SSSR count). The van der Waals surface area contributed by atoms with Crippen LogP contribution in [0.1, 0.15) is 43.1 Å². The summed E-state index contributed by atoms with van der Waals surface area (Å²) in [4.78, 5) is 0. The molecule has 18 heavy (non-hydrogen) atoms. The lowest BCUT2D eigenvalue weighted by Crippen LogP contribution is -2.16. The average Bonchev–Trinajstić information content (AvgIpc) is 2.82. The molecule has 0 atom stereocenters. The van der Waals surface area contributed by atoms with Crippen LogP contribution in [0, 0.1) is 0 Å². The molecule has 0 saturated heterocycles. The van der Waals surface area contributed by atoms with E-state index in [0.717, 1.165) is 62.0 Å². The molecule has 4 nitrogen and oxygen atoms in total. The van der Waals surface area contributed by atoms with Crippen LogP contribution >= 0.6 is 11.3 Å². The Kier molecular flexibility index (Phi) is 8.98. The molecule has 5 heteroatoms. The van der Waals surface area contributed by atoms with E-state index in [0.29, 0.717) is 0 Å². The number of aryl methyl sites for hydroxylation is 1. The van der Waals surface area contributed by atoms with Crippen LogP contribution in [-0.4, -0.2) is 36.5 Å². The van der Waals surface area contributed by atoms with Gasteiger partial charge in [0.2, 0.25) is 0 Å². The van der Waals surface area contributed by atoms with Gasteiger partial charge in [-0.3, -0.25) is 0 Å². The second kappa shape index (κ2) is 10.4. The first kappa shape index (κ1) is 15.5. The van der Waals surface area contributed by atoms with Crippen molar-refractivity contribution < 1.29 is 4.74 Å². The van der Waals surface area contributed by atoms with E-state index in [1.165, 1.54) is 6.42 Å². The van der Waals surface area contributed by atoms with Crippen molar-refractivity contribution in [3.05, 3.63) is 10.0 Å². The Bertz CT molecular complexity index is 304. The molecule has 0 aliphatic rings. The first-order valence-corrected chi connectivity index (χ1v) is 7.78. The summed E-state index contributed by atoms with van der Waals surface area (Å²) in [7, 11) is 0. The van der Waals surface area contributed by atoms with E-state index in [1.54, 1.807) is 11.3 Å². The molecule has 0 aromatic carbocycles. The topological polar surface area (TPSA) is 47.0 Å². The Labute approximate surface area is 114 Å². The highest BCUT2D eigenvalue weighted by Gasteiger charge is 2.03. The highest BCUT2D eigenvalue weighted by molar-refractivity contribution is 7.11. The molecule has 0 radical (unpaired) electrons. The number of nitrogens with zero attached hydrogens (tertiary/aromatic N) is 2. The van der Waals surface area contributed by atoms with E-state index in [2.05, 4.69) is 29.4 Å². The largest absolute Gasteiger partial charge is 0.381 e. The summed E-state index contributed by atoms with van der Waals surface area (Å²) in [6, 6.07) is 0. The fourth-order valence-electron chi connectivity index (χ4n) is 1.56. The van der Waals surface area contributed by atoms with E-state index >= 15 is 0 Å². The van der Waals surface area contributed by atoms with Crippen molar-refractivity contribution in [2.75, 3.05) is 26.3 Å². The van der Waals surface area contributed by atoms with Gasteiger partial charge < -0.3 is 10.1 Å². The fraction of sp³-hybridized carbons (Fsp3) is 0.846. The Morgan fingerprint density at radius 2 is 1.78 bits per heavy atom. The molecule has 0 spiro atoms. The third-order valence-electron chi connectivity index (χ3n) is 2.49. The molecule has 0 aliphatic carbocycles. The minimum atomic E-state index is 0.764. The smallest absolute Gasteiger partial charge is 0.119 e. The first-order valence-electron chi connectivity index (χ1n) is 6.96. The SMILES string of the molecule is CCCNCCCc1nnc(CCOCCC)s1. The highest BCUT2D eigenvalue weighted by Crippen LogP contribution is 2.12. The van der Waals surface area contributed by atoms with Crippen molar-refractivity contribution >= 4 is 11.3 Å². The number of rotatable bonds is 11. The minimum Gasteiger partial charge on any atom is -0.381 e. The normalized spacial score (nSPS) is 11.0. The molecule has 1 heterocycles. The van der Waals surface area contributed by atoms with Crippen LogP contribution in [0.25, 0.3) is 0 Å². The lowest BCUT2D eigenvalue weighted by molar-refractivity contribution is 0.138. The molecule has 0 bridgehead atoms. The minimum absolute atomic E-state index is 0.764. The van der Waals surface area contributed by atoms with E-state index < -0.39 is 0 Å². The second-order valence-corrected chi connectivity index (χ2v) is 5.45. The summed E-state index contributed by atoms with van der Waals surface area (Å²) in [6.45, 7) is 8.09. The van der Waals surface area contributed by atoms with E-state index in [4.69, 9.17) is 4.74 Å². The van der Waals surface area contributed by atoms with Gasteiger partial charge in [0, 0.05) is 19.4 Å². The fourth-order valence-corrected chi connectivity index (χ4v) is 2.43. The molecule has 0 aliphatic heterocycles. The van der Waals surface area contributed by atoms with Crippen LogP contribution in [0.2, 0.25) is 0 Å². The molecule has 104 valence electrons. The molecule has 0 fully saturated rings. The van der Waals surface area contributed by atoms with Gasteiger partial charge in [0.15, 0.2) is 0 Å². The Hall–Kier alpha value is -0.520. The highest BCUT2D eigenvalue weighted by atomic mass is 32.1. The molecule has 0 saturated carbocycles. The summed E-state index contributed by atoms with van der Waals surface area (Å²) in [6.07, 6.45) is 5.34. The number of nitrogens with one attached hydrogen (secondary N) is 1.